The van der Waals surface area contributed by atoms with E-state index in [4.69, 9.17) is 15.2 Å². The predicted molar refractivity (Wildman–Crippen MR) is 148 cm³/mol. The Hall–Kier alpha value is -4.32. The highest BCUT2D eigenvalue weighted by Gasteiger charge is 2.41. The number of amides is 1. The molecule has 1 heterocycles. The maximum Gasteiger partial charge on any atom is 0.336 e. The van der Waals surface area contributed by atoms with Crippen molar-refractivity contribution >= 4 is 41.0 Å². The Balaban J connectivity index is 2.22. The van der Waals surface area contributed by atoms with E-state index in [1.807, 2.05) is 0 Å². The number of nitro groups is 1. The number of carbonyl (C=O) groups is 3. The molecule has 0 aromatic heterocycles. The molecule has 3 rings (SSSR count). The number of esters is 2. The number of nitro benzene ring substituents is 1. The van der Waals surface area contributed by atoms with Crippen LogP contribution in [-0.2, 0) is 19.1 Å². The van der Waals surface area contributed by atoms with Gasteiger partial charge in [-0.15, -0.1) is 11.8 Å². The summed E-state index contributed by atoms with van der Waals surface area (Å²) < 4.78 is 10.7. The van der Waals surface area contributed by atoms with Gasteiger partial charge in [0.05, 0.1) is 40.9 Å². The Kier molecular flexibility index (Phi) is 9.72. The molecule has 12 heteroatoms. The number of nitrogens with zero attached hydrogens (tertiary/aromatic N) is 1. The van der Waals surface area contributed by atoms with Crippen molar-refractivity contribution in [2.45, 2.75) is 32.1 Å². The molecule has 0 fully saturated rings. The molecule has 0 radical (unpaired) electrons. The van der Waals surface area contributed by atoms with E-state index in [1.54, 1.807) is 57.4 Å². The normalized spacial score (nSPS) is 15.7. The van der Waals surface area contributed by atoms with Crippen LogP contribution in [0.5, 0.6) is 0 Å². The summed E-state index contributed by atoms with van der Waals surface area (Å²) in [5.74, 6) is -2.92. The van der Waals surface area contributed by atoms with Crippen molar-refractivity contribution < 1.29 is 28.8 Å². The molecule has 0 saturated carbocycles. The third-order valence-electron chi connectivity index (χ3n) is 5.93. The maximum absolute atomic E-state index is 13.5. The number of nitrogen functional groups attached to an aromatic ring is 1. The van der Waals surface area contributed by atoms with Crippen LogP contribution >= 0.6 is 11.8 Å². The lowest BCUT2D eigenvalue weighted by molar-refractivity contribution is -0.384. The van der Waals surface area contributed by atoms with Crippen molar-refractivity contribution in [1.82, 2.24) is 10.6 Å². The van der Waals surface area contributed by atoms with E-state index in [2.05, 4.69) is 10.6 Å². The molecule has 2 atom stereocenters. The molecule has 11 nitrogen and oxygen atoms in total. The number of benzene rings is 2. The number of nitrogens with two attached hydrogens (primary N) is 1. The van der Waals surface area contributed by atoms with Crippen LogP contribution in [0.1, 0.15) is 42.6 Å². The fourth-order valence-electron chi connectivity index (χ4n) is 4.21. The van der Waals surface area contributed by atoms with Crippen LogP contribution in [0.25, 0.3) is 0 Å². The van der Waals surface area contributed by atoms with E-state index >= 15 is 0 Å². The number of anilines is 1. The number of nitrogens with one attached hydrogen (secondary N) is 2. The number of hydrogen-bond donors (Lipinski definition) is 3. The standard InChI is InChI=1S/C27H30N4O7S/c1-5-37-26(33)20-15(3)29-23(25(39-4)30-24(32)16-10-12-18(28)13-11-16)22(27(34)38-6-2)21(20)17-8-7-9-19(14-17)31(35)36/h7-14,21,25,29H,5-6,28H2,1-4H3,(H,30,32). The molecule has 39 heavy (non-hydrogen) atoms. The first-order chi connectivity index (χ1) is 18.6. The van der Waals surface area contributed by atoms with Crippen LogP contribution in [0.2, 0.25) is 0 Å². The van der Waals surface area contributed by atoms with Crippen molar-refractivity contribution in [3.05, 3.63) is 92.3 Å². The Morgan fingerprint density at radius 2 is 1.69 bits per heavy atom. The van der Waals surface area contributed by atoms with Gasteiger partial charge in [0.25, 0.3) is 11.6 Å². The van der Waals surface area contributed by atoms with E-state index in [0.717, 1.165) is 0 Å². The topological polar surface area (TPSA) is 163 Å². The molecule has 206 valence electrons. The summed E-state index contributed by atoms with van der Waals surface area (Å²) in [7, 11) is 0. The van der Waals surface area contributed by atoms with Gasteiger partial charge in [-0.25, -0.2) is 9.59 Å². The zero-order valence-electron chi connectivity index (χ0n) is 22.0. The predicted octanol–water partition coefficient (Wildman–Crippen LogP) is 3.64. The monoisotopic (exact) mass is 554 g/mol. The first-order valence-electron chi connectivity index (χ1n) is 12.1. The van der Waals surface area contributed by atoms with Crippen molar-refractivity contribution in [2.24, 2.45) is 0 Å². The molecular weight excluding hydrogens is 524 g/mol. The molecule has 0 aliphatic carbocycles. The molecular formula is C27H30N4O7S. The Labute approximate surface area is 230 Å². The number of non-ortho nitro benzene ring substituents is 1. The highest BCUT2D eigenvalue weighted by atomic mass is 32.2. The highest BCUT2D eigenvalue weighted by molar-refractivity contribution is 7.99. The average Bonchev–Trinajstić information content (AvgIpc) is 2.91. The van der Waals surface area contributed by atoms with Crippen LogP contribution < -0.4 is 16.4 Å². The second-order valence-corrected chi connectivity index (χ2v) is 9.37. The maximum atomic E-state index is 13.5. The SMILES string of the molecule is CCOC(=O)C1=C(C)NC(C(NC(=O)c2ccc(N)cc2)SC)=C(C(=O)OCC)C1c1cccc([N+](=O)[O-])c1. The molecule has 1 aliphatic rings. The zero-order chi connectivity index (χ0) is 28.7. The molecule has 0 saturated heterocycles. The van der Waals surface area contributed by atoms with Gasteiger partial charge in [-0.1, -0.05) is 12.1 Å². The Morgan fingerprint density at radius 3 is 2.26 bits per heavy atom. The van der Waals surface area contributed by atoms with Gasteiger partial charge in [-0.05, 0) is 56.9 Å². The van der Waals surface area contributed by atoms with E-state index in [-0.39, 0.29) is 35.7 Å². The van der Waals surface area contributed by atoms with E-state index in [1.165, 1.54) is 30.0 Å². The number of allylic oxidation sites excluding steroid dienone is 1. The zero-order valence-corrected chi connectivity index (χ0v) is 22.8. The van der Waals surface area contributed by atoms with Crippen LogP contribution in [0.3, 0.4) is 0 Å². The fraction of sp³-hybridized carbons (Fsp3) is 0.296. The number of carbonyl (C=O) groups excluding carboxylic acids is 3. The third-order valence-corrected chi connectivity index (χ3v) is 6.76. The lowest BCUT2D eigenvalue weighted by atomic mass is 9.80. The summed E-state index contributed by atoms with van der Waals surface area (Å²) in [6, 6.07) is 12.0. The average molecular weight is 555 g/mol. The molecule has 1 amide bonds. The first kappa shape index (κ1) is 29.2. The van der Waals surface area contributed by atoms with Crippen molar-refractivity contribution in [3.63, 3.8) is 0 Å². The fourth-order valence-corrected chi connectivity index (χ4v) is 4.86. The van der Waals surface area contributed by atoms with Gasteiger partial charge in [0, 0.05) is 29.1 Å². The Morgan fingerprint density at radius 1 is 1.08 bits per heavy atom. The highest BCUT2D eigenvalue weighted by Crippen LogP contribution is 2.41. The van der Waals surface area contributed by atoms with Crippen LogP contribution in [0, 0.1) is 10.1 Å². The number of rotatable bonds is 10. The van der Waals surface area contributed by atoms with E-state index in [9.17, 15) is 24.5 Å². The molecule has 2 aromatic carbocycles. The summed E-state index contributed by atoms with van der Waals surface area (Å²) >= 11 is 1.24. The number of dihydropyridines is 1. The van der Waals surface area contributed by atoms with Crippen LogP contribution in [0.15, 0.2) is 71.1 Å². The Bertz CT molecular complexity index is 1340. The van der Waals surface area contributed by atoms with Crippen molar-refractivity contribution in [3.8, 4) is 0 Å². The summed E-state index contributed by atoms with van der Waals surface area (Å²) in [5.41, 5.74) is 7.48. The molecule has 0 bridgehead atoms. The van der Waals surface area contributed by atoms with Gasteiger partial charge in [0.15, 0.2) is 0 Å². The van der Waals surface area contributed by atoms with E-state index < -0.39 is 34.1 Å². The second kappa shape index (κ2) is 13.0. The molecule has 2 unspecified atom stereocenters. The van der Waals surface area contributed by atoms with Gasteiger partial charge >= 0.3 is 11.9 Å². The largest absolute Gasteiger partial charge is 0.463 e. The van der Waals surface area contributed by atoms with Gasteiger partial charge in [-0.3, -0.25) is 14.9 Å². The molecule has 0 spiro atoms. The molecule has 4 N–H and O–H groups in total. The minimum absolute atomic E-state index is 0.0305. The van der Waals surface area contributed by atoms with Crippen LogP contribution in [-0.4, -0.2) is 47.6 Å². The van der Waals surface area contributed by atoms with Crippen molar-refractivity contribution in [1.29, 1.82) is 0 Å². The minimum Gasteiger partial charge on any atom is -0.463 e. The van der Waals surface area contributed by atoms with Gasteiger partial charge < -0.3 is 25.8 Å². The third kappa shape index (κ3) is 6.58. The first-order valence-corrected chi connectivity index (χ1v) is 13.4. The van der Waals surface area contributed by atoms with Gasteiger partial charge in [0.1, 0.15) is 5.37 Å². The quantitative estimate of drug-likeness (QED) is 0.130. The van der Waals surface area contributed by atoms with Crippen molar-refractivity contribution in [2.75, 3.05) is 25.2 Å². The lowest BCUT2D eigenvalue weighted by Gasteiger charge is -2.34. The number of thioether (sulfide) groups is 1. The van der Waals surface area contributed by atoms with Gasteiger partial charge in [-0.2, -0.15) is 0 Å². The smallest absolute Gasteiger partial charge is 0.336 e. The number of hydrogen-bond acceptors (Lipinski definition) is 10. The summed E-state index contributed by atoms with van der Waals surface area (Å²) in [6.45, 7) is 5.04. The molecule has 1 aliphatic heterocycles. The summed E-state index contributed by atoms with van der Waals surface area (Å²) in [6.07, 6.45) is 1.74. The second-order valence-electron chi connectivity index (χ2n) is 8.43. The summed E-state index contributed by atoms with van der Waals surface area (Å²) in [4.78, 5) is 50.7. The van der Waals surface area contributed by atoms with E-state index in [0.29, 0.717) is 22.5 Å². The van der Waals surface area contributed by atoms with Gasteiger partial charge in [0.2, 0.25) is 0 Å². The molecule has 2 aromatic rings. The lowest BCUT2D eigenvalue weighted by Crippen LogP contribution is -2.43. The summed E-state index contributed by atoms with van der Waals surface area (Å²) in [5, 5.41) is 16.8. The number of ether oxygens (including phenoxy) is 2. The minimum atomic E-state index is -1.07. The van der Waals surface area contributed by atoms with Crippen LogP contribution in [0.4, 0.5) is 11.4 Å².